The maximum atomic E-state index is 13.6. The number of nitrogens with zero attached hydrogens (tertiary/aromatic N) is 1. The van der Waals surface area contributed by atoms with Gasteiger partial charge in [-0.3, -0.25) is 9.71 Å². The van der Waals surface area contributed by atoms with Gasteiger partial charge in [-0.1, -0.05) is 0 Å². The van der Waals surface area contributed by atoms with Gasteiger partial charge in [0.15, 0.2) is 11.6 Å². The number of rotatable bonds is 4. The van der Waals surface area contributed by atoms with Crippen LogP contribution in [-0.2, 0) is 10.0 Å². The van der Waals surface area contributed by atoms with Crippen LogP contribution in [-0.4, -0.2) is 20.5 Å². The van der Waals surface area contributed by atoms with Gasteiger partial charge in [-0.2, -0.15) is 0 Å². The Bertz CT molecular complexity index is 732. The zero-order valence-corrected chi connectivity index (χ0v) is 11.7. The molecule has 0 aliphatic carbocycles. The van der Waals surface area contributed by atoms with Crippen LogP contribution >= 0.6 is 0 Å². The second kappa shape index (κ2) is 5.46. The first kappa shape index (κ1) is 14.3. The minimum Gasteiger partial charge on any atom is -0.494 e. The second-order valence-corrected chi connectivity index (χ2v) is 5.77. The van der Waals surface area contributed by atoms with Crippen molar-refractivity contribution in [2.24, 2.45) is 0 Å². The van der Waals surface area contributed by atoms with E-state index in [4.69, 9.17) is 4.74 Å². The van der Waals surface area contributed by atoms with E-state index in [1.165, 1.54) is 31.5 Å². The molecular weight excluding hydrogens is 283 g/mol. The molecule has 0 atom stereocenters. The lowest BCUT2D eigenvalue weighted by Crippen LogP contribution is -2.13. The monoisotopic (exact) mass is 296 g/mol. The number of aryl methyl sites for hydroxylation is 1. The molecule has 106 valence electrons. The van der Waals surface area contributed by atoms with Crippen LogP contribution in [0.15, 0.2) is 41.4 Å². The number of halogens is 1. The fraction of sp³-hybridized carbons (Fsp3) is 0.154. The zero-order valence-electron chi connectivity index (χ0n) is 10.9. The summed E-state index contributed by atoms with van der Waals surface area (Å²) in [4.78, 5) is 3.79. The van der Waals surface area contributed by atoms with E-state index in [9.17, 15) is 12.8 Å². The summed E-state index contributed by atoms with van der Waals surface area (Å²) in [6, 6.07) is 6.55. The molecule has 2 aromatic rings. The van der Waals surface area contributed by atoms with Crippen LogP contribution in [0.4, 0.5) is 10.1 Å². The largest absolute Gasteiger partial charge is 0.494 e. The molecule has 5 nitrogen and oxygen atoms in total. The minimum absolute atomic E-state index is 0.0105. The van der Waals surface area contributed by atoms with E-state index >= 15 is 0 Å². The zero-order chi connectivity index (χ0) is 14.8. The summed E-state index contributed by atoms with van der Waals surface area (Å²) in [5.41, 5.74) is 1.04. The molecule has 1 heterocycles. The van der Waals surface area contributed by atoms with Gasteiger partial charge in [0.25, 0.3) is 10.0 Å². The summed E-state index contributed by atoms with van der Waals surface area (Å²) in [6.07, 6.45) is 1.49. The van der Waals surface area contributed by atoms with Gasteiger partial charge < -0.3 is 4.74 Å². The highest BCUT2D eigenvalue weighted by Crippen LogP contribution is 2.22. The van der Waals surface area contributed by atoms with Gasteiger partial charge in [0.1, 0.15) is 0 Å². The number of benzene rings is 1. The van der Waals surface area contributed by atoms with Crippen molar-refractivity contribution in [1.29, 1.82) is 0 Å². The third kappa shape index (κ3) is 3.05. The molecule has 1 aromatic heterocycles. The van der Waals surface area contributed by atoms with Crippen LogP contribution in [0.1, 0.15) is 5.69 Å². The van der Waals surface area contributed by atoms with E-state index in [2.05, 4.69) is 9.71 Å². The third-order valence-electron chi connectivity index (χ3n) is 2.58. The molecule has 0 unspecified atom stereocenters. The first-order valence-electron chi connectivity index (χ1n) is 5.71. The van der Waals surface area contributed by atoms with Crippen LogP contribution in [0.5, 0.6) is 5.75 Å². The number of aromatic nitrogens is 1. The van der Waals surface area contributed by atoms with Crippen molar-refractivity contribution in [2.45, 2.75) is 11.8 Å². The average Bonchev–Trinajstić information content (AvgIpc) is 2.38. The Balaban J connectivity index is 2.33. The molecule has 0 bridgehead atoms. The summed E-state index contributed by atoms with van der Waals surface area (Å²) in [5.74, 6) is -0.745. The first-order chi connectivity index (χ1) is 9.42. The molecule has 1 N–H and O–H groups in total. The Morgan fingerprint density at radius 3 is 2.60 bits per heavy atom. The van der Waals surface area contributed by atoms with E-state index in [0.717, 1.165) is 6.07 Å². The van der Waals surface area contributed by atoms with Gasteiger partial charge in [-0.15, -0.1) is 0 Å². The summed E-state index contributed by atoms with van der Waals surface area (Å²) in [6.45, 7) is 1.74. The van der Waals surface area contributed by atoms with Crippen molar-refractivity contribution in [1.82, 2.24) is 4.98 Å². The van der Waals surface area contributed by atoms with Gasteiger partial charge in [0, 0.05) is 11.9 Å². The van der Waals surface area contributed by atoms with Gasteiger partial charge in [0.05, 0.1) is 17.7 Å². The van der Waals surface area contributed by atoms with Crippen molar-refractivity contribution < 1.29 is 17.5 Å². The quantitative estimate of drug-likeness (QED) is 0.940. The molecule has 0 saturated heterocycles. The lowest BCUT2D eigenvalue weighted by atomic mass is 10.3. The number of hydrogen-bond donors (Lipinski definition) is 1. The first-order valence-corrected chi connectivity index (χ1v) is 7.20. The third-order valence-corrected chi connectivity index (χ3v) is 3.96. The molecule has 0 aliphatic heterocycles. The molecule has 0 fully saturated rings. The summed E-state index contributed by atoms with van der Waals surface area (Å²) in [5, 5.41) is 0. The van der Waals surface area contributed by atoms with Crippen molar-refractivity contribution in [2.75, 3.05) is 11.8 Å². The number of ether oxygens (including phenoxy) is 1. The molecule has 0 saturated carbocycles. The Labute approximate surface area is 116 Å². The number of nitrogens with one attached hydrogen (secondary N) is 1. The predicted octanol–water partition coefficient (Wildman–Crippen LogP) is 2.34. The maximum absolute atomic E-state index is 13.6. The SMILES string of the molecule is COc1ccc(S(=O)(=O)Nc2ccnc(C)c2)cc1F. The molecule has 2 rings (SSSR count). The number of anilines is 1. The predicted molar refractivity (Wildman–Crippen MR) is 72.7 cm³/mol. The number of hydrogen-bond acceptors (Lipinski definition) is 4. The van der Waals surface area contributed by atoms with Crippen molar-refractivity contribution >= 4 is 15.7 Å². The second-order valence-electron chi connectivity index (χ2n) is 4.09. The van der Waals surface area contributed by atoms with E-state index < -0.39 is 15.8 Å². The Morgan fingerprint density at radius 1 is 1.25 bits per heavy atom. The molecule has 20 heavy (non-hydrogen) atoms. The Hall–Kier alpha value is -2.15. The molecule has 0 radical (unpaired) electrons. The number of sulfonamides is 1. The fourth-order valence-corrected chi connectivity index (χ4v) is 2.70. The number of methoxy groups -OCH3 is 1. The van der Waals surface area contributed by atoms with Crippen LogP contribution < -0.4 is 9.46 Å². The lowest BCUT2D eigenvalue weighted by Gasteiger charge is -2.09. The molecule has 0 aliphatic rings. The minimum atomic E-state index is -3.85. The molecule has 7 heteroatoms. The highest BCUT2D eigenvalue weighted by atomic mass is 32.2. The summed E-state index contributed by atoms with van der Waals surface area (Å²) >= 11 is 0. The molecule has 0 spiro atoms. The van der Waals surface area contributed by atoms with Gasteiger partial charge in [0.2, 0.25) is 0 Å². The normalized spacial score (nSPS) is 11.2. The molecule has 0 amide bonds. The van der Waals surface area contributed by atoms with Crippen molar-refractivity contribution in [3.05, 3.63) is 48.0 Å². The summed E-state index contributed by atoms with van der Waals surface area (Å²) < 4.78 is 44.9. The smallest absolute Gasteiger partial charge is 0.262 e. The maximum Gasteiger partial charge on any atom is 0.262 e. The highest BCUT2D eigenvalue weighted by molar-refractivity contribution is 7.92. The fourth-order valence-electron chi connectivity index (χ4n) is 1.64. The van der Waals surface area contributed by atoms with Crippen LogP contribution in [0.3, 0.4) is 0 Å². The number of pyridine rings is 1. The molecule has 1 aromatic carbocycles. The Morgan fingerprint density at radius 2 is 2.00 bits per heavy atom. The van der Waals surface area contributed by atoms with E-state index in [-0.39, 0.29) is 10.6 Å². The average molecular weight is 296 g/mol. The van der Waals surface area contributed by atoms with Crippen LogP contribution in [0, 0.1) is 12.7 Å². The van der Waals surface area contributed by atoms with Gasteiger partial charge in [-0.25, -0.2) is 12.8 Å². The highest BCUT2D eigenvalue weighted by Gasteiger charge is 2.16. The lowest BCUT2D eigenvalue weighted by molar-refractivity contribution is 0.385. The summed E-state index contributed by atoms with van der Waals surface area (Å²) in [7, 11) is -2.54. The Kier molecular flexibility index (Phi) is 3.89. The van der Waals surface area contributed by atoms with Crippen LogP contribution in [0.2, 0.25) is 0 Å². The van der Waals surface area contributed by atoms with E-state index in [1.54, 1.807) is 13.0 Å². The van der Waals surface area contributed by atoms with Crippen molar-refractivity contribution in [3.63, 3.8) is 0 Å². The van der Waals surface area contributed by atoms with Gasteiger partial charge >= 0.3 is 0 Å². The van der Waals surface area contributed by atoms with E-state index in [0.29, 0.717) is 11.4 Å². The molecular formula is C13H13FN2O3S. The van der Waals surface area contributed by atoms with Gasteiger partial charge in [-0.05, 0) is 37.3 Å². The topological polar surface area (TPSA) is 68.3 Å². The standard InChI is InChI=1S/C13H13FN2O3S/c1-9-7-10(5-6-15-9)16-20(17,18)11-3-4-13(19-2)12(14)8-11/h3-8H,1-2H3,(H,15,16). The van der Waals surface area contributed by atoms with E-state index in [1.807, 2.05) is 0 Å². The van der Waals surface area contributed by atoms with Crippen molar-refractivity contribution in [3.8, 4) is 5.75 Å². The van der Waals surface area contributed by atoms with Crippen LogP contribution in [0.25, 0.3) is 0 Å².